The summed E-state index contributed by atoms with van der Waals surface area (Å²) in [4.78, 5) is 17.0. The van der Waals surface area contributed by atoms with Crippen LogP contribution in [0.1, 0.15) is 21.7 Å². The summed E-state index contributed by atoms with van der Waals surface area (Å²) in [7, 11) is -4.03. The van der Waals surface area contributed by atoms with Gasteiger partial charge in [0.1, 0.15) is 22.2 Å². The van der Waals surface area contributed by atoms with Gasteiger partial charge in [-0.3, -0.25) is 4.72 Å². The Morgan fingerprint density at radius 3 is 2.52 bits per heavy atom. The second-order valence-corrected chi connectivity index (χ2v) is 5.97. The standard InChI is InChI=1S/C12H12FN3O4S/c1-6-10(12(17)18)15-7(2)11(6)21(19,20)16-9-4-3-8(13)5-14-9/h3-5,15H,1-2H3,(H,14,16)(H,17,18). The van der Waals surface area contributed by atoms with E-state index in [1.54, 1.807) is 0 Å². The molecule has 2 aromatic heterocycles. The van der Waals surface area contributed by atoms with Crippen molar-refractivity contribution in [3.05, 3.63) is 41.1 Å². The van der Waals surface area contributed by atoms with Crippen molar-refractivity contribution < 1.29 is 22.7 Å². The lowest BCUT2D eigenvalue weighted by atomic mass is 10.2. The molecule has 112 valence electrons. The Labute approximate surface area is 119 Å². The molecule has 0 aliphatic heterocycles. The number of pyridine rings is 1. The van der Waals surface area contributed by atoms with Crippen molar-refractivity contribution in [2.45, 2.75) is 18.7 Å². The Balaban J connectivity index is 2.45. The van der Waals surface area contributed by atoms with E-state index in [-0.39, 0.29) is 27.7 Å². The van der Waals surface area contributed by atoms with Crippen LogP contribution >= 0.6 is 0 Å². The van der Waals surface area contributed by atoms with Gasteiger partial charge in [0.05, 0.1) is 6.20 Å². The van der Waals surface area contributed by atoms with Gasteiger partial charge in [0, 0.05) is 11.3 Å². The molecule has 2 rings (SSSR count). The predicted molar refractivity (Wildman–Crippen MR) is 72.2 cm³/mol. The number of halogens is 1. The maximum Gasteiger partial charge on any atom is 0.352 e. The van der Waals surface area contributed by atoms with Crippen LogP contribution in [0.25, 0.3) is 0 Å². The Morgan fingerprint density at radius 1 is 1.38 bits per heavy atom. The van der Waals surface area contributed by atoms with Crippen molar-refractivity contribution in [2.75, 3.05) is 4.72 Å². The highest BCUT2D eigenvalue weighted by molar-refractivity contribution is 7.92. The van der Waals surface area contributed by atoms with Crippen LogP contribution in [0.15, 0.2) is 23.2 Å². The minimum atomic E-state index is -4.03. The number of carbonyl (C=O) groups is 1. The number of sulfonamides is 1. The Kier molecular flexibility index (Phi) is 3.69. The molecular weight excluding hydrogens is 301 g/mol. The van der Waals surface area contributed by atoms with Gasteiger partial charge in [0.2, 0.25) is 0 Å². The topological polar surface area (TPSA) is 112 Å². The van der Waals surface area contributed by atoms with E-state index in [1.807, 2.05) is 0 Å². The summed E-state index contributed by atoms with van der Waals surface area (Å²) in [6, 6.07) is 2.23. The number of aromatic amines is 1. The number of aryl methyl sites for hydroxylation is 1. The summed E-state index contributed by atoms with van der Waals surface area (Å²) < 4.78 is 39.5. The third-order valence-corrected chi connectivity index (χ3v) is 4.45. The lowest BCUT2D eigenvalue weighted by Crippen LogP contribution is -2.15. The molecule has 0 bridgehead atoms. The lowest BCUT2D eigenvalue weighted by molar-refractivity contribution is 0.0690. The second kappa shape index (κ2) is 5.17. The van der Waals surface area contributed by atoms with Crippen LogP contribution in [-0.4, -0.2) is 29.5 Å². The average Bonchev–Trinajstić information content (AvgIpc) is 2.68. The van der Waals surface area contributed by atoms with Crippen molar-refractivity contribution in [3.8, 4) is 0 Å². The van der Waals surface area contributed by atoms with Crippen LogP contribution in [0.2, 0.25) is 0 Å². The first kappa shape index (κ1) is 15.0. The highest BCUT2D eigenvalue weighted by Crippen LogP contribution is 2.25. The first-order valence-corrected chi connectivity index (χ1v) is 7.27. The zero-order valence-corrected chi connectivity index (χ0v) is 12.0. The van der Waals surface area contributed by atoms with E-state index in [0.717, 1.165) is 12.3 Å². The first-order valence-electron chi connectivity index (χ1n) is 5.79. The van der Waals surface area contributed by atoms with Gasteiger partial charge < -0.3 is 10.1 Å². The molecule has 0 aromatic carbocycles. The van der Waals surface area contributed by atoms with Crippen LogP contribution < -0.4 is 4.72 Å². The minimum Gasteiger partial charge on any atom is -0.477 e. The van der Waals surface area contributed by atoms with Gasteiger partial charge in [-0.05, 0) is 26.0 Å². The fourth-order valence-corrected chi connectivity index (χ4v) is 3.43. The normalized spacial score (nSPS) is 11.4. The number of rotatable bonds is 4. The number of hydrogen-bond acceptors (Lipinski definition) is 4. The lowest BCUT2D eigenvalue weighted by Gasteiger charge is -2.08. The summed E-state index contributed by atoms with van der Waals surface area (Å²) in [5, 5.41) is 8.99. The number of nitrogens with one attached hydrogen (secondary N) is 2. The highest BCUT2D eigenvalue weighted by Gasteiger charge is 2.26. The summed E-state index contributed by atoms with van der Waals surface area (Å²) in [6.45, 7) is 2.84. The smallest absolute Gasteiger partial charge is 0.352 e. The van der Waals surface area contributed by atoms with Crippen LogP contribution in [0, 0.1) is 19.7 Å². The number of anilines is 1. The number of carboxylic acid groups (broad SMARTS) is 1. The maximum atomic E-state index is 12.8. The van der Waals surface area contributed by atoms with Gasteiger partial charge in [0.15, 0.2) is 0 Å². The highest BCUT2D eigenvalue weighted by atomic mass is 32.2. The Hall–Kier alpha value is -2.42. The fourth-order valence-electron chi connectivity index (χ4n) is 1.97. The molecule has 2 heterocycles. The molecule has 0 spiro atoms. The molecule has 7 nitrogen and oxygen atoms in total. The van der Waals surface area contributed by atoms with Gasteiger partial charge >= 0.3 is 5.97 Å². The monoisotopic (exact) mass is 313 g/mol. The number of nitrogens with zero attached hydrogens (tertiary/aromatic N) is 1. The SMILES string of the molecule is Cc1[nH]c(C(=O)O)c(C)c1S(=O)(=O)Nc1ccc(F)cn1. The molecule has 2 aromatic rings. The van der Waals surface area contributed by atoms with Crippen LogP contribution in [0.3, 0.4) is 0 Å². The van der Waals surface area contributed by atoms with E-state index in [0.29, 0.717) is 0 Å². The van der Waals surface area contributed by atoms with Crippen molar-refractivity contribution in [1.82, 2.24) is 9.97 Å². The number of carboxylic acids is 1. The Bertz CT molecular complexity index is 797. The van der Waals surface area contributed by atoms with Gasteiger partial charge in [-0.2, -0.15) is 0 Å². The molecule has 3 N–H and O–H groups in total. The van der Waals surface area contributed by atoms with Gasteiger partial charge in [0.25, 0.3) is 10.0 Å². The van der Waals surface area contributed by atoms with Crippen LogP contribution in [-0.2, 0) is 10.0 Å². The zero-order chi connectivity index (χ0) is 15.8. The number of hydrogen-bond donors (Lipinski definition) is 3. The minimum absolute atomic E-state index is 0.0618. The number of aromatic carboxylic acids is 1. The molecule has 0 amide bonds. The molecule has 0 atom stereocenters. The van der Waals surface area contributed by atoms with Crippen molar-refractivity contribution in [3.63, 3.8) is 0 Å². The number of aromatic nitrogens is 2. The van der Waals surface area contributed by atoms with Gasteiger partial charge in [-0.1, -0.05) is 0 Å². The van der Waals surface area contributed by atoms with E-state index in [1.165, 1.54) is 19.9 Å². The third kappa shape index (κ3) is 2.87. The van der Waals surface area contributed by atoms with E-state index < -0.39 is 21.8 Å². The van der Waals surface area contributed by atoms with Crippen molar-refractivity contribution in [2.24, 2.45) is 0 Å². The molecule has 0 aliphatic rings. The van der Waals surface area contributed by atoms with Gasteiger partial charge in [-0.25, -0.2) is 22.6 Å². The fraction of sp³-hybridized carbons (Fsp3) is 0.167. The van der Waals surface area contributed by atoms with E-state index >= 15 is 0 Å². The van der Waals surface area contributed by atoms with Crippen LogP contribution in [0.4, 0.5) is 10.2 Å². The maximum absolute atomic E-state index is 12.8. The summed E-state index contributed by atoms with van der Waals surface area (Å²) in [5.41, 5.74) is 0.0917. The predicted octanol–water partition coefficient (Wildman–Crippen LogP) is 1.66. The van der Waals surface area contributed by atoms with Crippen molar-refractivity contribution in [1.29, 1.82) is 0 Å². The molecule has 0 radical (unpaired) electrons. The molecule has 0 fully saturated rings. The molecule has 0 unspecified atom stereocenters. The Morgan fingerprint density at radius 2 is 2.05 bits per heavy atom. The third-order valence-electron chi connectivity index (χ3n) is 2.82. The van der Waals surface area contributed by atoms with E-state index in [4.69, 9.17) is 5.11 Å². The first-order chi connectivity index (χ1) is 9.72. The average molecular weight is 313 g/mol. The van der Waals surface area contributed by atoms with Gasteiger partial charge in [-0.15, -0.1) is 0 Å². The molecule has 0 aliphatic carbocycles. The molecule has 21 heavy (non-hydrogen) atoms. The van der Waals surface area contributed by atoms with Crippen LogP contribution in [0.5, 0.6) is 0 Å². The van der Waals surface area contributed by atoms with Crippen molar-refractivity contribution >= 4 is 21.8 Å². The summed E-state index contributed by atoms with van der Waals surface area (Å²) >= 11 is 0. The zero-order valence-electron chi connectivity index (χ0n) is 11.1. The largest absolute Gasteiger partial charge is 0.477 e. The summed E-state index contributed by atoms with van der Waals surface area (Å²) in [6.07, 6.45) is 0.872. The molecule has 0 saturated carbocycles. The number of H-pyrrole nitrogens is 1. The van der Waals surface area contributed by atoms with E-state index in [2.05, 4.69) is 14.7 Å². The molecule has 9 heteroatoms. The quantitative estimate of drug-likeness (QED) is 0.794. The molecule has 0 saturated heterocycles. The van der Waals surface area contributed by atoms with E-state index in [9.17, 15) is 17.6 Å². The summed E-state index contributed by atoms with van der Waals surface area (Å²) in [5.74, 6) is -1.91. The second-order valence-electron chi connectivity index (χ2n) is 4.35. The molecular formula is C12H12FN3O4S.